The number of carbonyl (C=O) groups excluding carboxylic acids is 3. The van der Waals surface area contributed by atoms with Crippen molar-refractivity contribution < 1.29 is 32.3 Å². The summed E-state index contributed by atoms with van der Waals surface area (Å²) in [5, 5.41) is 0. The van der Waals surface area contributed by atoms with E-state index in [2.05, 4.69) is 0 Å². The molecule has 1 heterocycles. The van der Waals surface area contributed by atoms with Crippen LogP contribution in [0.2, 0.25) is 0 Å². The first-order valence-corrected chi connectivity index (χ1v) is 10.4. The zero-order valence-electron chi connectivity index (χ0n) is 17.9. The van der Waals surface area contributed by atoms with Crippen LogP contribution in [0.25, 0.3) is 11.6 Å². The number of halogens is 3. The van der Waals surface area contributed by atoms with E-state index in [1.54, 1.807) is 19.1 Å². The molecule has 172 valence electrons. The molecule has 4 rings (SSSR count). The molecule has 8 heteroatoms. The van der Waals surface area contributed by atoms with Crippen LogP contribution in [0.4, 0.5) is 18.9 Å². The van der Waals surface area contributed by atoms with Crippen molar-refractivity contribution in [2.24, 2.45) is 0 Å². The van der Waals surface area contributed by atoms with Crippen LogP contribution in [0.1, 0.15) is 44.3 Å². The van der Waals surface area contributed by atoms with Crippen molar-refractivity contribution in [1.29, 1.82) is 0 Å². The minimum Gasteiger partial charge on any atom is -0.462 e. The van der Waals surface area contributed by atoms with Crippen LogP contribution in [0.5, 0.6) is 0 Å². The molecule has 0 atom stereocenters. The Bertz CT molecular complexity index is 1310. The second-order valence-electron chi connectivity index (χ2n) is 7.40. The first-order valence-electron chi connectivity index (χ1n) is 10.4. The van der Waals surface area contributed by atoms with E-state index in [9.17, 15) is 27.6 Å². The highest BCUT2D eigenvalue weighted by Gasteiger charge is 2.37. The van der Waals surface area contributed by atoms with Crippen LogP contribution in [-0.4, -0.2) is 24.4 Å². The molecule has 0 aliphatic carbocycles. The molecule has 0 radical (unpaired) electrons. The van der Waals surface area contributed by atoms with Gasteiger partial charge in [0.15, 0.2) is 0 Å². The number of nitrogens with zero attached hydrogens (tertiary/aromatic N) is 1. The number of fused-ring (bicyclic) bond motifs is 1. The maximum absolute atomic E-state index is 13.5. The van der Waals surface area contributed by atoms with E-state index in [1.165, 1.54) is 54.6 Å². The lowest BCUT2D eigenvalue weighted by molar-refractivity contribution is -0.137. The van der Waals surface area contributed by atoms with Gasteiger partial charge >= 0.3 is 12.1 Å². The number of esters is 1. The minimum absolute atomic E-state index is 0.0543. The predicted molar refractivity (Wildman–Crippen MR) is 120 cm³/mol. The van der Waals surface area contributed by atoms with Gasteiger partial charge in [0.2, 0.25) is 0 Å². The van der Waals surface area contributed by atoms with Crippen molar-refractivity contribution in [2.75, 3.05) is 11.5 Å². The summed E-state index contributed by atoms with van der Waals surface area (Å²) in [4.78, 5) is 39.4. The maximum atomic E-state index is 13.5. The van der Waals surface area contributed by atoms with Crippen molar-refractivity contribution in [3.8, 4) is 0 Å². The van der Waals surface area contributed by atoms with E-state index in [4.69, 9.17) is 4.74 Å². The third-order valence-corrected chi connectivity index (χ3v) is 5.29. The van der Waals surface area contributed by atoms with Crippen LogP contribution in [0.15, 0.2) is 72.8 Å². The number of carbonyl (C=O) groups is 3. The Labute approximate surface area is 193 Å². The number of anilines is 1. The molecule has 3 aromatic rings. The molecular formula is C26H18F3NO4. The molecule has 0 N–H and O–H groups in total. The van der Waals surface area contributed by atoms with E-state index in [-0.39, 0.29) is 40.1 Å². The number of rotatable bonds is 4. The van der Waals surface area contributed by atoms with E-state index < -0.39 is 29.5 Å². The number of ether oxygens (including phenoxy) is 1. The van der Waals surface area contributed by atoms with Crippen LogP contribution >= 0.6 is 0 Å². The Kier molecular flexibility index (Phi) is 6.06. The summed E-state index contributed by atoms with van der Waals surface area (Å²) in [5.74, 6) is -1.95. The normalized spacial score (nSPS) is 14.8. The third kappa shape index (κ3) is 4.22. The highest BCUT2D eigenvalue weighted by molar-refractivity contribution is 6.43. The fourth-order valence-corrected chi connectivity index (χ4v) is 3.72. The molecule has 3 aromatic carbocycles. The van der Waals surface area contributed by atoms with Crippen LogP contribution < -0.4 is 4.90 Å². The van der Waals surface area contributed by atoms with Gasteiger partial charge in [0.25, 0.3) is 11.8 Å². The Morgan fingerprint density at radius 1 is 0.882 bits per heavy atom. The van der Waals surface area contributed by atoms with Gasteiger partial charge in [-0.05, 0) is 60.5 Å². The van der Waals surface area contributed by atoms with Crippen molar-refractivity contribution in [1.82, 2.24) is 0 Å². The van der Waals surface area contributed by atoms with Crippen LogP contribution in [-0.2, 0) is 15.7 Å². The van der Waals surface area contributed by atoms with E-state index in [0.717, 1.165) is 17.0 Å². The molecule has 0 saturated heterocycles. The zero-order chi connectivity index (χ0) is 24.5. The number of alkyl halides is 3. The number of amides is 2. The summed E-state index contributed by atoms with van der Waals surface area (Å²) in [6.45, 7) is 1.85. The molecule has 0 aromatic heterocycles. The second-order valence-corrected chi connectivity index (χ2v) is 7.40. The lowest BCUT2D eigenvalue weighted by Crippen LogP contribution is -2.41. The van der Waals surface area contributed by atoms with Crippen molar-refractivity contribution in [3.63, 3.8) is 0 Å². The van der Waals surface area contributed by atoms with Crippen LogP contribution in [0.3, 0.4) is 0 Å². The van der Waals surface area contributed by atoms with Crippen LogP contribution in [0, 0.1) is 0 Å². The molecule has 1 aliphatic heterocycles. The van der Waals surface area contributed by atoms with Gasteiger partial charge in [-0.1, -0.05) is 36.4 Å². The quantitative estimate of drug-likeness (QED) is 0.286. The molecule has 0 unspecified atom stereocenters. The van der Waals surface area contributed by atoms with E-state index in [0.29, 0.717) is 0 Å². The molecular weight excluding hydrogens is 447 g/mol. The summed E-state index contributed by atoms with van der Waals surface area (Å²) in [7, 11) is 0. The SMILES string of the molecule is CCOC(=O)c1ccc(N2C(=O)/C(=C/c3ccccc3C(F)(F)F)c3ccccc3C2=O)cc1. The standard InChI is InChI=1S/C26H18F3NO4/c1-2-34-25(33)16-11-13-18(14-12-16)30-23(31)20-9-5-4-8-19(20)21(24(30)32)15-17-7-3-6-10-22(17)26(27,28)29/h3-15H,2H2,1H3/b21-15+. The van der Waals surface area contributed by atoms with Crippen molar-refractivity contribution in [2.45, 2.75) is 13.1 Å². The fourth-order valence-electron chi connectivity index (χ4n) is 3.72. The molecule has 0 saturated carbocycles. The summed E-state index contributed by atoms with van der Waals surface area (Å²) in [6, 6.07) is 16.8. The summed E-state index contributed by atoms with van der Waals surface area (Å²) in [5.41, 5.74) is -0.317. The average Bonchev–Trinajstić information content (AvgIpc) is 2.82. The minimum atomic E-state index is -4.62. The van der Waals surface area contributed by atoms with Gasteiger partial charge in [-0.2, -0.15) is 13.2 Å². The topological polar surface area (TPSA) is 63.7 Å². The second kappa shape index (κ2) is 8.97. The monoisotopic (exact) mass is 465 g/mol. The Morgan fingerprint density at radius 3 is 2.15 bits per heavy atom. The number of benzene rings is 3. The Hall–Kier alpha value is -4.20. The van der Waals surface area contributed by atoms with Gasteiger partial charge in [0.1, 0.15) is 0 Å². The van der Waals surface area contributed by atoms with Gasteiger partial charge in [-0.3, -0.25) is 9.59 Å². The lowest BCUT2D eigenvalue weighted by Gasteiger charge is -2.29. The highest BCUT2D eigenvalue weighted by atomic mass is 19.4. The first kappa shape index (κ1) is 23.0. The van der Waals surface area contributed by atoms with Gasteiger partial charge in [0, 0.05) is 11.1 Å². The first-order chi connectivity index (χ1) is 16.2. The average molecular weight is 465 g/mol. The molecule has 5 nitrogen and oxygen atoms in total. The highest BCUT2D eigenvalue weighted by Crippen LogP contribution is 2.37. The smallest absolute Gasteiger partial charge is 0.416 e. The largest absolute Gasteiger partial charge is 0.462 e. The van der Waals surface area contributed by atoms with Gasteiger partial charge in [-0.25, -0.2) is 9.69 Å². The third-order valence-electron chi connectivity index (χ3n) is 5.29. The molecule has 0 spiro atoms. The predicted octanol–water partition coefficient (Wildman–Crippen LogP) is 5.61. The number of hydrogen-bond donors (Lipinski definition) is 0. The van der Waals surface area contributed by atoms with Gasteiger partial charge in [-0.15, -0.1) is 0 Å². The number of hydrogen-bond acceptors (Lipinski definition) is 4. The van der Waals surface area contributed by atoms with E-state index >= 15 is 0 Å². The molecule has 0 fully saturated rings. The molecule has 1 aliphatic rings. The summed E-state index contributed by atoms with van der Waals surface area (Å²) < 4.78 is 45.6. The number of imide groups is 1. The van der Waals surface area contributed by atoms with Crippen molar-refractivity contribution in [3.05, 3.63) is 101 Å². The summed E-state index contributed by atoms with van der Waals surface area (Å²) in [6.07, 6.45) is -3.47. The molecule has 0 bridgehead atoms. The zero-order valence-corrected chi connectivity index (χ0v) is 17.9. The molecule has 2 amide bonds. The Morgan fingerprint density at radius 2 is 1.50 bits per heavy atom. The molecule has 34 heavy (non-hydrogen) atoms. The van der Waals surface area contributed by atoms with E-state index in [1.807, 2.05) is 0 Å². The van der Waals surface area contributed by atoms with Crippen molar-refractivity contribution >= 4 is 35.1 Å². The Balaban J connectivity index is 1.83. The van der Waals surface area contributed by atoms with Gasteiger partial charge < -0.3 is 4.74 Å². The fraction of sp³-hybridized carbons (Fsp3) is 0.115. The summed E-state index contributed by atoms with van der Waals surface area (Å²) >= 11 is 0. The lowest BCUT2D eigenvalue weighted by atomic mass is 9.91. The van der Waals surface area contributed by atoms with Gasteiger partial charge in [0.05, 0.1) is 23.4 Å². The maximum Gasteiger partial charge on any atom is 0.416 e.